The highest BCUT2D eigenvalue weighted by Gasteiger charge is 2.17. The third-order valence-corrected chi connectivity index (χ3v) is 3.49. The van der Waals surface area contributed by atoms with Gasteiger partial charge in [0.1, 0.15) is 6.67 Å². The molecule has 1 aliphatic heterocycles. The molecule has 1 nitrogen and oxygen atoms in total. The van der Waals surface area contributed by atoms with Crippen LogP contribution < -0.4 is 5.32 Å². The van der Waals surface area contributed by atoms with Gasteiger partial charge in [0.25, 0.3) is 0 Å². The van der Waals surface area contributed by atoms with Crippen molar-refractivity contribution >= 4 is 15.9 Å². The Hall–Kier alpha value is -0.410. The topological polar surface area (TPSA) is 12.0 Å². The molecule has 0 saturated carbocycles. The highest BCUT2D eigenvalue weighted by atomic mass is 79.9. The van der Waals surface area contributed by atoms with Crippen molar-refractivity contribution in [3.8, 4) is 0 Å². The normalized spacial score (nSPS) is 21.4. The maximum Gasteiger partial charge on any atom is 0.116 e. The van der Waals surface area contributed by atoms with Crippen molar-refractivity contribution in [1.82, 2.24) is 5.32 Å². The Balaban J connectivity index is 2.23. The summed E-state index contributed by atoms with van der Waals surface area (Å²) in [5.41, 5.74) is 2.04. The smallest absolute Gasteiger partial charge is 0.116 e. The molecule has 1 unspecified atom stereocenters. The van der Waals surface area contributed by atoms with Gasteiger partial charge in [-0.2, -0.15) is 0 Å². The van der Waals surface area contributed by atoms with E-state index in [1.165, 1.54) is 12.0 Å². The van der Waals surface area contributed by atoms with Crippen LogP contribution in [0, 0.1) is 0 Å². The van der Waals surface area contributed by atoms with Crippen molar-refractivity contribution in [2.45, 2.75) is 19.0 Å². The molecule has 1 aromatic carbocycles. The Labute approximate surface area is 91.8 Å². The van der Waals surface area contributed by atoms with Crippen LogP contribution in [0.3, 0.4) is 0 Å². The van der Waals surface area contributed by atoms with Crippen molar-refractivity contribution in [1.29, 1.82) is 0 Å². The monoisotopic (exact) mass is 257 g/mol. The van der Waals surface area contributed by atoms with Gasteiger partial charge >= 0.3 is 0 Å². The summed E-state index contributed by atoms with van der Waals surface area (Å²) in [6.45, 7) is 1.73. The zero-order valence-electron chi connectivity index (χ0n) is 7.89. The lowest BCUT2D eigenvalue weighted by molar-refractivity contribution is 0.483. The van der Waals surface area contributed by atoms with Crippen LogP contribution in [0.4, 0.5) is 4.39 Å². The quantitative estimate of drug-likeness (QED) is 0.859. The van der Waals surface area contributed by atoms with E-state index >= 15 is 0 Å². The Morgan fingerprint density at radius 1 is 1.50 bits per heavy atom. The number of hydrogen-bond donors (Lipinski definition) is 1. The van der Waals surface area contributed by atoms with Gasteiger partial charge in [-0.3, -0.25) is 0 Å². The molecule has 2 rings (SSSR count). The molecule has 0 bridgehead atoms. The van der Waals surface area contributed by atoms with Crippen molar-refractivity contribution in [2.75, 3.05) is 13.1 Å². The first-order valence-corrected chi connectivity index (χ1v) is 5.65. The van der Waals surface area contributed by atoms with Gasteiger partial charge in [0.15, 0.2) is 0 Å². The fourth-order valence-corrected chi connectivity index (χ4v) is 2.37. The standard InChI is InChI=1S/C11H13BrFN/c12-11-5-8(1-2-9(11)6-13)10-3-4-14-7-10/h1-2,5,10,14H,3-4,6-7H2. The second kappa shape index (κ2) is 4.41. The summed E-state index contributed by atoms with van der Waals surface area (Å²) in [5, 5.41) is 3.33. The summed E-state index contributed by atoms with van der Waals surface area (Å²) in [6, 6.07) is 5.96. The zero-order valence-corrected chi connectivity index (χ0v) is 9.48. The van der Waals surface area contributed by atoms with E-state index in [1.54, 1.807) is 0 Å². The van der Waals surface area contributed by atoms with Crippen LogP contribution in [-0.2, 0) is 6.67 Å². The number of benzene rings is 1. The summed E-state index contributed by atoms with van der Waals surface area (Å²) < 4.78 is 13.3. The first kappa shape index (κ1) is 10.1. The third kappa shape index (κ3) is 1.98. The zero-order chi connectivity index (χ0) is 9.97. The molecular formula is C11H13BrFN. The number of nitrogens with one attached hydrogen (secondary N) is 1. The fourth-order valence-electron chi connectivity index (χ4n) is 1.87. The molecule has 1 aromatic rings. The summed E-state index contributed by atoms with van der Waals surface area (Å²) in [6.07, 6.45) is 1.18. The number of alkyl halides is 1. The molecular weight excluding hydrogens is 245 g/mol. The molecule has 1 N–H and O–H groups in total. The van der Waals surface area contributed by atoms with Gasteiger partial charge in [0.05, 0.1) is 0 Å². The first-order chi connectivity index (χ1) is 6.81. The van der Waals surface area contributed by atoms with E-state index in [2.05, 4.69) is 21.2 Å². The average molecular weight is 258 g/mol. The average Bonchev–Trinajstić information content (AvgIpc) is 2.70. The summed E-state index contributed by atoms with van der Waals surface area (Å²) in [4.78, 5) is 0. The SMILES string of the molecule is FCc1ccc(C2CCNC2)cc1Br. The van der Waals surface area contributed by atoms with Crippen LogP contribution in [0.1, 0.15) is 23.5 Å². The van der Waals surface area contributed by atoms with E-state index < -0.39 is 6.67 Å². The van der Waals surface area contributed by atoms with Gasteiger partial charge < -0.3 is 5.32 Å². The predicted molar refractivity (Wildman–Crippen MR) is 59.2 cm³/mol. The molecule has 0 aromatic heterocycles. The molecule has 3 heteroatoms. The van der Waals surface area contributed by atoms with E-state index in [4.69, 9.17) is 0 Å². The Kier molecular flexibility index (Phi) is 3.19. The maximum atomic E-state index is 12.5. The molecule has 1 aliphatic rings. The highest BCUT2D eigenvalue weighted by Crippen LogP contribution is 2.27. The molecule has 1 fully saturated rings. The van der Waals surface area contributed by atoms with Gasteiger partial charge in [-0.25, -0.2) is 4.39 Å². The van der Waals surface area contributed by atoms with Gasteiger partial charge in [0.2, 0.25) is 0 Å². The molecule has 0 radical (unpaired) electrons. The molecule has 1 saturated heterocycles. The number of rotatable bonds is 2. The van der Waals surface area contributed by atoms with Crippen LogP contribution in [0.5, 0.6) is 0 Å². The van der Waals surface area contributed by atoms with Crippen LogP contribution in [0.2, 0.25) is 0 Å². The second-order valence-corrected chi connectivity index (χ2v) is 4.53. The molecule has 1 atom stereocenters. The van der Waals surface area contributed by atoms with Crippen LogP contribution >= 0.6 is 15.9 Å². The van der Waals surface area contributed by atoms with Crippen LogP contribution in [0.25, 0.3) is 0 Å². The van der Waals surface area contributed by atoms with Gasteiger partial charge in [0, 0.05) is 11.0 Å². The third-order valence-electron chi connectivity index (χ3n) is 2.75. The summed E-state index contributed by atoms with van der Waals surface area (Å²) in [5.74, 6) is 0.597. The minimum atomic E-state index is -0.399. The Morgan fingerprint density at radius 2 is 2.36 bits per heavy atom. The molecule has 0 spiro atoms. The Bertz CT molecular complexity index is 321. The minimum Gasteiger partial charge on any atom is -0.316 e. The summed E-state index contributed by atoms with van der Waals surface area (Å²) in [7, 11) is 0. The van der Waals surface area contributed by atoms with E-state index in [9.17, 15) is 4.39 Å². The minimum absolute atomic E-state index is 0.399. The highest BCUT2D eigenvalue weighted by molar-refractivity contribution is 9.10. The van der Waals surface area contributed by atoms with Crippen LogP contribution in [-0.4, -0.2) is 13.1 Å². The first-order valence-electron chi connectivity index (χ1n) is 4.86. The lowest BCUT2D eigenvalue weighted by atomic mass is 9.97. The molecule has 0 aliphatic carbocycles. The second-order valence-electron chi connectivity index (χ2n) is 3.67. The van der Waals surface area contributed by atoms with E-state index in [0.29, 0.717) is 5.92 Å². The lowest BCUT2D eigenvalue weighted by Gasteiger charge is -2.10. The van der Waals surface area contributed by atoms with Crippen molar-refractivity contribution < 1.29 is 4.39 Å². The fraction of sp³-hybridized carbons (Fsp3) is 0.455. The van der Waals surface area contributed by atoms with Crippen molar-refractivity contribution in [3.05, 3.63) is 33.8 Å². The lowest BCUT2D eigenvalue weighted by Crippen LogP contribution is -2.08. The molecule has 76 valence electrons. The number of hydrogen-bond acceptors (Lipinski definition) is 1. The molecule has 0 amide bonds. The van der Waals surface area contributed by atoms with Crippen LogP contribution in [0.15, 0.2) is 22.7 Å². The van der Waals surface area contributed by atoms with Crippen molar-refractivity contribution in [3.63, 3.8) is 0 Å². The predicted octanol–water partition coefficient (Wildman–Crippen LogP) is 3.00. The van der Waals surface area contributed by atoms with E-state index in [0.717, 1.165) is 23.1 Å². The largest absolute Gasteiger partial charge is 0.316 e. The number of halogens is 2. The van der Waals surface area contributed by atoms with Crippen molar-refractivity contribution in [2.24, 2.45) is 0 Å². The molecule has 14 heavy (non-hydrogen) atoms. The van der Waals surface area contributed by atoms with E-state index in [-0.39, 0.29) is 0 Å². The van der Waals surface area contributed by atoms with Gasteiger partial charge in [-0.05, 0) is 36.1 Å². The Morgan fingerprint density at radius 3 is 2.93 bits per heavy atom. The maximum absolute atomic E-state index is 12.5. The van der Waals surface area contributed by atoms with E-state index in [1.807, 2.05) is 18.2 Å². The van der Waals surface area contributed by atoms with Gasteiger partial charge in [-0.1, -0.05) is 28.1 Å². The summed E-state index contributed by atoms with van der Waals surface area (Å²) >= 11 is 3.39. The molecule has 1 heterocycles. The van der Waals surface area contributed by atoms with Gasteiger partial charge in [-0.15, -0.1) is 0 Å².